The summed E-state index contributed by atoms with van der Waals surface area (Å²) in [4.78, 5) is 4.38. The molecule has 2 atom stereocenters. The number of anilines is 1. The molecule has 0 amide bonds. The van der Waals surface area contributed by atoms with Crippen molar-refractivity contribution < 1.29 is 47.1 Å². The molecule has 4 N–H and O–H groups in total. The van der Waals surface area contributed by atoms with Crippen LogP contribution < -0.4 is 50.8 Å². The number of nitrogens with zero attached hydrogens (tertiary/aromatic N) is 4. The Labute approximate surface area is 472 Å². The summed E-state index contributed by atoms with van der Waals surface area (Å²) in [5.41, 5.74) is 12.1. The monoisotopic (exact) mass is 1060 g/mol. The van der Waals surface area contributed by atoms with Gasteiger partial charge in [0.25, 0.3) is 0 Å². The SMILES string of the molecule is C=C(N)c1ccc(CCC)c(F)c1-c1c(Cl)c(F)cc2c1CC(C)(c1ccccc1)C2.C=CNCCC(CCC1CCCCC1)CCN1CCC(c2c(F)cc3c(N4CCC(=C)NC4=C)nn(C)c3c2F)CC1.[CH3-].[Na+]. The van der Waals surface area contributed by atoms with Gasteiger partial charge in [-0.25, -0.2) is 17.6 Å². The fraction of sp³-hybridized carbons (Fsp3) is 0.452. The summed E-state index contributed by atoms with van der Waals surface area (Å²) in [6.07, 6.45) is 18.8. The van der Waals surface area contributed by atoms with Crippen LogP contribution in [0.1, 0.15) is 137 Å². The van der Waals surface area contributed by atoms with E-state index in [0.29, 0.717) is 77.4 Å². The van der Waals surface area contributed by atoms with Gasteiger partial charge in [-0.3, -0.25) is 4.68 Å². The Kier molecular flexibility index (Phi) is 21.3. The normalized spacial score (nSPS) is 18.6. The fourth-order valence-corrected chi connectivity index (χ4v) is 12.6. The number of hydrogen-bond donors (Lipinski definition) is 3. The predicted octanol–water partition coefficient (Wildman–Crippen LogP) is 12.0. The van der Waals surface area contributed by atoms with Crippen LogP contribution in [0.3, 0.4) is 0 Å². The maximum atomic E-state index is 16.1. The minimum absolute atomic E-state index is 0. The maximum absolute atomic E-state index is 16.1. The molecule has 2 aliphatic heterocycles. The van der Waals surface area contributed by atoms with E-state index in [1.807, 2.05) is 30.0 Å². The fourth-order valence-electron chi connectivity index (χ4n) is 12.3. The molecule has 2 saturated heterocycles. The van der Waals surface area contributed by atoms with Gasteiger partial charge in [-0.1, -0.05) is 146 Å². The minimum Gasteiger partial charge on any atom is -0.399 e. The van der Waals surface area contributed by atoms with E-state index in [-0.39, 0.29) is 70.2 Å². The number of aryl methyl sites for hydroxylation is 2. The van der Waals surface area contributed by atoms with Crippen molar-refractivity contribution in [3.63, 3.8) is 0 Å². The summed E-state index contributed by atoms with van der Waals surface area (Å²) in [5, 5.41) is 11.4. The van der Waals surface area contributed by atoms with Crippen LogP contribution in [-0.2, 0) is 31.7 Å². The first-order valence-corrected chi connectivity index (χ1v) is 27.1. The van der Waals surface area contributed by atoms with Gasteiger partial charge in [0.05, 0.1) is 10.4 Å². The molecule has 4 aromatic carbocycles. The molecule has 13 heteroatoms. The zero-order valence-corrected chi connectivity index (χ0v) is 48.2. The van der Waals surface area contributed by atoms with E-state index in [0.717, 1.165) is 73.7 Å². The molecular weight excluding hydrogens is 977 g/mol. The average Bonchev–Trinajstić information content (AvgIpc) is 3.89. The van der Waals surface area contributed by atoms with Crippen molar-refractivity contribution in [2.24, 2.45) is 24.6 Å². The number of nitrogens with one attached hydrogen (secondary N) is 2. The van der Waals surface area contributed by atoms with Crippen LogP contribution >= 0.6 is 11.6 Å². The van der Waals surface area contributed by atoms with E-state index in [1.165, 1.54) is 69.9 Å². The molecule has 2 aliphatic carbocycles. The largest absolute Gasteiger partial charge is 1.00 e. The van der Waals surface area contributed by atoms with Crippen molar-refractivity contribution in [3.05, 3.63) is 168 Å². The molecule has 0 bridgehead atoms. The summed E-state index contributed by atoms with van der Waals surface area (Å²) >= 11 is 6.52. The van der Waals surface area contributed by atoms with Crippen LogP contribution in [0.25, 0.3) is 27.7 Å². The molecule has 7 nitrogen and oxygen atoms in total. The third-order valence-electron chi connectivity index (χ3n) is 16.4. The zero-order chi connectivity index (χ0) is 52.0. The van der Waals surface area contributed by atoms with Crippen LogP contribution in [-0.4, -0.2) is 47.4 Å². The molecule has 3 fully saturated rings. The van der Waals surface area contributed by atoms with Crippen LogP contribution in [0, 0.1) is 42.5 Å². The number of benzene rings is 4. The summed E-state index contributed by atoms with van der Waals surface area (Å²) < 4.78 is 64.0. The average molecular weight is 1060 g/mol. The van der Waals surface area contributed by atoms with E-state index >= 15 is 13.2 Å². The Morgan fingerprint density at radius 1 is 0.933 bits per heavy atom. The van der Waals surface area contributed by atoms with E-state index in [9.17, 15) is 4.39 Å². The Morgan fingerprint density at radius 3 is 2.32 bits per heavy atom. The molecule has 1 saturated carbocycles. The summed E-state index contributed by atoms with van der Waals surface area (Å²) in [7, 11) is 1.73. The second-order valence-corrected chi connectivity index (χ2v) is 21.9. The quantitative estimate of drug-likeness (QED) is 0.0373. The topological polar surface area (TPSA) is 74.4 Å². The summed E-state index contributed by atoms with van der Waals surface area (Å²) in [6, 6.07) is 16.6. The van der Waals surface area contributed by atoms with E-state index < -0.39 is 23.3 Å². The Balaban J connectivity index is 0.000000248. The third kappa shape index (κ3) is 13.4. The standard InChI is InChI=1S/C34H50F2N6.C27H26ClF2N.CH3.Na/c1-5-37-18-13-27(12-11-26-9-7-6-8-10-26)15-19-41-20-16-28(17-21-41)31-30(35)23-29-33(32(31)36)40(4)39-34(29)42-22-14-24(2)38-25(42)3;1-4-8-17-11-12-20(16(2)31)24(26(17)30)23-21-15-27(3,19-9-6-5-7-10-19)14-18(21)13-22(29)25(23)28;;/h5,23,26-28,37-38H,1-3,6-22H2,4H3;5-7,9-13H,2,4,8,14-15,31H2,1,3H3;1H3;/q;;-1;+1. The maximum Gasteiger partial charge on any atom is 1.00 e. The molecule has 9 rings (SSSR count). The number of rotatable bonds is 17. The van der Waals surface area contributed by atoms with Crippen LogP contribution in [0.4, 0.5) is 23.4 Å². The Bertz CT molecular complexity index is 2820. The first kappa shape index (κ1) is 59.7. The van der Waals surface area contributed by atoms with Gasteiger partial charge in [0, 0.05) is 65.6 Å². The van der Waals surface area contributed by atoms with Gasteiger partial charge in [0.1, 0.15) is 28.8 Å². The van der Waals surface area contributed by atoms with Gasteiger partial charge in [-0.2, -0.15) is 5.10 Å². The van der Waals surface area contributed by atoms with Crippen molar-refractivity contribution in [2.45, 2.75) is 128 Å². The van der Waals surface area contributed by atoms with Crippen molar-refractivity contribution in [3.8, 4) is 11.1 Å². The zero-order valence-electron chi connectivity index (χ0n) is 45.4. The molecule has 3 heterocycles. The molecule has 75 heavy (non-hydrogen) atoms. The number of likely N-dealkylation sites (tertiary alicyclic amines) is 1. The number of piperidine rings is 1. The van der Waals surface area contributed by atoms with Crippen LogP contribution in [0.15, 0.2) is 98.6 Å². The molecular formula is C62H79ClF4N7Na. The molecule has 5 aromatic rings. The molecule has 398 valence electrons. The van der Waals surface area contributed by atoms with Crippen molar-refractivity contribution >= 4 is 34.0 Å². The van der Waals surface area contributed by atoms with E-state index in [1.54, 1.807) is 30.1 Å². The number of nitrogens with two attached hydrogens (primary N) is 1. The van der Waals surface area contributed by atoms with Gasteiger partial charge in [0.15, 0.2) is 11.6 Å². The van der Waals surface area contributed by atoms with Gasteiger partial charge >= 0.3 is 29.6 Å². The number of hydrogen-bond acceptors (Lipinski definition) is 6. The number of halogens is 5. The smallest absolute Gasteiger partial charge is 0.399 e. The van der Waals surface area contributed by atoms with Crippen LogP contribution in [0.2, 0.25) is 5.02 Å². The van der Waals surface area contributed by atoms with E-state index in [4.69, 9.17) is 17.3 Å². The molecule has 2 unspecified atom stereocenters. The Hall–Kier alpha value is -4.52. The van der Waals surface area contributed by atoms with Gasteiger partial charge < -0.3 is 33.6 Å². The number of fused-ring (bicyclic) bond motifs is 2. The molecule has 1 aromatic heterocycles. The Morgan fingerprint density at radius 2 is 1.65 bits per heavy atom. The number of aromatic nitrogens is 2. The summed E-state index contributed by atoms with van der Waals surface area (Å²) in [6.45, 7) is 24.2. The van der Waals surface area contributed by atoms with Crippen molar-refractivity contribution in [1.29, 1.82) is 0 Å². The first-order chi connectivity index (χ1) is 35.1. The third-order valence-corrected chi connectivity index (χ3v) is 16.7. The van der Waals surface area contributed by atoms with Crippen molar-refractivity contribution in [1.82, 2.24) is 25.3 Å². The van der Waals surface area contributed by atoms with Gasteiger partial charge in [-0.05, 0) is 123 Å². The van der Waals surface area contributed by atoms with E-state index in [2.05, 4.69) is 66.0 Å². The second kappa shape index (κ2) is 26.7. The first-order valence-electron chi connectivity index (χ1n) is 26.8. The van der Waals surface area contributed by atoms with Crippen molar-refractivity contribution in [2.75, 3.05) is 37.6 Å². The molecule has 0 radical (unpaired) electrons. The van der Waals surface area contributed by atoms with Gasteiger partial charge in [-0.15, -0.1) is 0 Å². The minimum atomic E-state index is -0.540. The molecule has 0 spiro atoms. The van der Waals surface area contributed by atoms with Gasteiger partial charge in [0.2, 0.25) is 0 Å². The predicted molar refractivity (Wildman–Crippen MR) is 301 cm³/mol. The molecule has 4 aliphatic rings. The van der Waals surface area contributed by atoms with Crippen LogP contribution in [0.5, 0.6) is 0 Å². The second-order valence-electron chi connectivity index (χ2n) is 21.5. The summed E-state index contributed by atoms with van der Waals surface area (Å²) in [5.74, 6) is 0.769.